The van der Waals surface area contributed by atoms with E-state index in [-0.39, 0.29) is 55.4 Å². The number of nitrogens with zero attached hydrogens (tertiary/aromatic N) is 3. The predicted molar refractivity (Wildman–Crippen MR) is 235 cm³/mol. The molecule has 6 atom stereocenters. The number of rotatable bonds is 19. The Kier molecular flexibility index (Phi) is 14.4. The summed E-state index contributed by atoms with van der Waals surface area (Å²) in [5.74, 6) is -0.153. The van der Waals surface area contributed by atoms with Gasteiger partial charge in [-0.1, -0.05) is 72.6 Å². The summed E-state index contributed by atoms with van der Waals surface area (Å²) >= 11 is 0. The van der Waals surface area contributed by atoms with Crippen molar-refractivity contribution < 1.29 is 43.7 Å². The lowest BCUT2D eigenvalue weighted by atomic mass is 9.55. The van der Waals surface area contributed by atoms with Gasteiger partial charge >= 0.3 is 6.09 Å². The molecule has 0 radical (unpaired) electrons. The molecule has 0 spiro atoms. The van der Waals surface area contributed by atoms with Gasteiger partial charge < -0.3 is 38.9 Å². The average molecular weight is 846 g/mol. The Hall–Kier alpha value is -6.02. The lowest BCUT2D eigenvalue weighted by Gasteiger charge is -2.59. The summed E-state index contributed by atoms with van der Waals surface area (Å²) in [4.78, 5) is 32.2. The molecule has 4 aromatic rings. The van der Waals surface area contributed by atoms with Crippen LogP contribution in [0.3, 0.4) is 0 Å². The number of aliphatic hydroxyl groups is 2. The molecule has 2 aliphatic carbocycles. The van der Waals surface area contributed by atoms with Crippen LogP contribution >= 0.6 is 0 Å². The molecule has 1 saturated carbocycles. The number of hydrogen-bond donors (Lipinski definition) is 2. The van der Waals surface area contributed by atoms with Gasteiger partial charge in [-0.3, -0.25) is 10.1 Å². The zero-order chi connectivity index (χ0) is 43.6. The number of nitro groups is 1. The minimum atomic E-state index is -1.48. The summed E-state index contributed by atoms with van der Waals surface area (Å²) < 4.78 is 26.5. The topological polar surface area (TPSA) is 162 Å². The minimum absolute atomic E-state index is 0.0215. The molecule has 7 rings (SSSR count). The number of carbonyl (C=O) groups is 1. The summed E-state index contributed by atoms with van der Waals surface area (Å²) in [7, 11) is 1.62. The van der Waals surface area contributed by atoms with Crippen LogP contribution < -0.4 is 14.2 Å². The van der Waals surface area contributed by atoms with E-state index in [0.29, 0.717) is 42.4 Å². The van der Waals surface area contributed by atoms with Crippen molar-refractivity contribution in [3.63, 3.8) is 0 Å². The van der Waals surface area contributed by atoms with Gasteiger partial charge in [0.15, 0.2) is 0 Å². The SMILES string of the molecule is C=CCO[C@@]12Oc3ccc(Oc4ccc(-c5ccccc5)cc4)cc3[C@H]3[C@H](CCCCO)[C@@H](CCCCO)C=C(C(=NOCC)C[C@@H]1N(C)C(=O)Oc1ccc([N+](=O)[O-])cc1)[C@H]32. The smallest absolute Gasteiger partial charge is 0.415 e. The Morgan fingerprint density at radius 1 is 0.935 bits per heavy atom. The highest BCUT2D eigenvalue weighted by Crippen LogP contribution is 2.62. The van der Waals surface area contributed by atoms with Crippen LogP contribution in [0.2, 0.25) is 0 Å². The molecule has 0 aromatic heterocycles. The number of carbonyl (C=O) groups excluding carboxylic acids is 1. The largest absolute Gasteiger partial charge is 0.459 e. The van der Waals surface area contributed by atoms with Gasteiger partial charge in [-0.2, -0.15) is 0 Å². The van der Waals surface area contributed by atoms with Crippen LogP contribution in [0.4, 0.5) is 10.5 Å². The van der Waals surface area contributed by atoms with Crippen molar-refractivity contribution in [2.24, 2.45) is 22.9 Å². The van der Waals surface area contributed by atoms with Gasteiger partial charge in [0.05, 0.1) is 23.2 Å². The van der Waals surface area contributed by atoms with Gasteiger partial charge in [-0.15, -0.1) is 6.58 Å². The molecule has 62 heavy (non-hydrogen) atoms. The highest BCUT2D eigenvalue weighted by atomic mass is 16.7. The van der Waals surface area contributed by atoms with Crippen molar-refractivity contribution in [1.29, 1.82) is 0 Å². The first kappa shape index (κ1) is 44.0. The fourth-order valence-corrected chi connectivity index (χ4v) is 9.35. The van der Waals surface area contributed by atoms with Crippen LogP contribution in [0.5, 0.6) is 23.0 Å². The molecule has 1 heterocycles. The molecule has 0 unspecified atom stereocenters. The number of likely N-dealkylation sites (N-methyl/N-ethyl adjacent to an activating group) is 1. The molecule has 0 bridgehead atoms. The van der Waals surface area contributed by atoms with Gasteiger partial charge in [0.25, 0.3) is 5.69 Å². The Labute approximate surface area is 362 Å². The molecular formula is C49H55N3O10. The summed E-state index contributed by atoms with van der Waals surface area (Å²) in [5.41, 5.74) is 4.53. The van der Waals surface area contributed by atoms with Gasteiger partial charge in [0.1, 0.15) is 35.6 Å². The highest BCUT2D eigenvalue weighted by Gasteiger charge is 2.65. The van der Waals surface area contributed by atoms with Crippen LogP contribution in [0.1, 0.15) is 63.4 Å². The molecule has 13 heteroatoms. The number of unbranched alkanes of at least 4 members (excludes halogenated alkanes) is 2. The van der Waals surface area contributed by atoms with Gasteiger partial charge in [-0.05, 0) is 104 Å². The zero-order valence-corrected chi connectivity index (χ0v) is 35.3. The summed E-state index contributed by atoms with van der Waals surface area (Å²) in [5, 5.41) is 35.8. The van der Waals surface area contributed by atoms with Crippen molar-refractivity contribution >= 4 is 17.5 Å². The highest BCUT2D eigenvalue weighted by molar-refractivity contribution is 6.03. The molecular weight excluding hydrogens is 791 g/mol. The number of hydrogen-bond acceptors (Lipinski definition) is 11. The maximum Gasteiger partial charge on any atom is 0.415 e. The number of benzene rings is 4. The minimum Gasteiger partial charge on any atom is -0.459 e. The molecule has 3 aliphatic rings. The molecule has 13 nitrogen and oxygen atoms in total. The summed E-state index contributed by atoms with van der Waals surface area (Å²) in [6.45, 7) is 6.41. The number of nitro benzene ring substituents is 1. The maximum absolute atomic E-state index is 14.2. The van der Waals surface area contributed by atoms with Gasteiger partial charge in [0.2, 0.25) is 5.79 Å². The van der Waals surface area contributed by atoms with E-state index < -0.39 is 28.8 Å². The lowest BCUT2D eigenvalue weighted by Crippen LogP contribution is -2.69. The van der Waals surface area contributed by atoms with E-state index in [9.17, 15) is 25.1 Å². The van der Waals surface area contributed by atoms with Crippen molar-refractivity contribution in [3.8, 4) is 34.1 Å². The molecule has 0 saturated heterocycles. The summed E-state index contributed by atoms with van der Waals surface area (Å²) in [6, 6.07) is 28.5. The van der Waals surface area contributed by atoms with Crippen LogP contribution in [-0.2, 0) is 9.57 Å². The normalized spacial score (nSPS) is 22.9. The van der Waals surface area contributed by atoms with Crippen molar-refractivity contribution in [2.45, 2.75) is 69.6 Å². The third-order valence-electron chi connectivity index (χ3n) is 12.2. The third-order valence-corrected chi connectivity index (χ3v) is 12.2. The van der Waals surface area contributed by atoms with Crippen LogP contribution in [-0.4, -0.2) is 77.1 Å². The first-order chi connectivity index (χ1) is 30.2. The fraction of sp³-hybridized carbons (Fsp3) is 0.388. The van der Waals surface area contributed by atoms with Crippen molar-refractivity contribution in [1.82, 2.24) is 4.90 Å². The fourth-order valence-electron chi connectivity index (χ4n) is 9.35. The Morgan fingerprint density at radius 3 is 2.29 bits per heavy atom. The second kappa shape index (κ2) is 20.2. The van der Waals surface area contributed by atoms with Crippen molar-refractivity contribution in [2.75, 3.05) is 33.5 Å². The quantitative estimate of drug-likeness (QED) is 0.0402. The molecule has 1 fully saturated rings. The van der Waals surface area contributed by atoms with E-state index >= 15 is 0 Å². The van der Waals surface area contributed by atoms with E-state index in [0.717, 1.165) is 47.9 Å². The van der Waals surface area contributed by atoms with E-state index in [1.165, 1.54) is 29.2 Å². The monoisotopic (exact) mass is 845 g/mol. The molecule has 326 valence electrons. The van der Waals surface area contributed by atoms with Gasteiger partial charge in [-0.25, -0.2) is 4.79 Å². The number of aliphatic hydroxyl groups excluding tert-OH is 2. The van der Waals surface area contributed by atoms with E-state index in [1.807, 2.05) is 67.6 Å². The Balaban J connectivity index is 1.35. The van der Waals surface area contributed by atoms with Crippen LogP contribution in [0.25, 0.3) is 11.1 Å². The second-order valence-electron chi connectivity index (χ2n) is 15.9. The number of fused-ring (bicyclic) bond motifs is 2. The summed E-state index contributed by atoms with van der Waals surface area (Å²) in [6.07, 6.45) is 7.86. The number of ether oxygens (including phenoxy) is 4. The average Bonchev–Trinajstić information content (AvgIpc) is 3.29. The number of oxime groups is 1. The lowest BCUT2D eigenvalue weighted by molar-refractivity contribution is -0.384. The molecule has 1 amide bonds. The second-order valence-corrected chi connectivity index (χ2v) is 15.9. The van der Waals surface area contributed by atoms with E-state index in [1.54, 1.807) is 13.1 Å². The van der Waals surface area contributed by atoms with Crippen LogP contribution in [0, 0.1) is 27.9 Å². The number of non-ortho nitro benzene ring substituents is 1. The Morgan fingerprint density at radius 2 is 1.61 bits per heavy atom. The molecule has 1 aliphatic heterocycles. The third kappa shape index (κ3) is 9.40. The zero-order valence-electron chi connectivity index (χ0n) is 35.3. The molecule has 2 N–H and O–H groups in total. The van der Waals surface area contributed by atoms with Crippen LogP contribution in [0.15, 0.2) is 127 Å². The Bertz CT molecular complexity index is 2230. The van der Waals surface area contributed by atoms with Crippen molar-refractivity contribution in [3.05, 3.63) is 137 Å². The van der Waals surface area contributed by atoms with E-state index in [4.69, 9.17) is 28.9 Å². The predicted octanol–water partition coefficient (Wildman–Crippen LogP) is 9.84. The molecule has 4 aromatic carbocycles. The van der Waals surface area contributed by atoms with E-state index in [2.05, 4.69) is 24.8 Å². The number of allylic oxidation sites excluding steroid dienone is 1. The first-order valence-electron chi connectivity index (χ1n) is 21.4. The maximum atomic E-state index is 14.2. The van der Waals surface area contributed by atoms with Gasteiger partial charge in [0, 0.05) is 50.3 Å². The number of amides is 1. The standard InChI is InChI=1S/C49H55N3O10/c1-4-29-58-49-45(51(3)48(55)61-38-23-19-36(20-24-38)52(56)57)32-43(50-59-5-2)41-30-35(15-9-11-27-53)40(16-10-12-28-54)46(47(41)49)42-31-39(25-26-44(42)62-49)60-37-21-17-34(18-22-37)33-13-7-6-8-14-33/h4,6-8,13-14,17-26,30-31,35,40,45-47,53-54H,1,5,9-12,15-16,27-29,32H2,2-3H3/t35-,40+,45-,46+,47+,49+/m0/s1. The first-order valence-corrected chi connectivity index (χ1v) is 21.4.